The maximum atomic E-state index is 14.2. The number of nitrogens with two attached hydrogens (primary N) is 1. The van der Waals surface area contributed by atoms with E-state index in [0.29, 0.717) is 18.3 Å². The van der Waals surface area contributed by atoms with E-state index in [2.05, 4.69) is 0 Å². The molecule has 1 amide bonds. The molecule has 110 valence electrons. The quantitative estimate of drug-likeness (QED) is 0.527. The molecule has 0 saturated carbocycles. The van der Waals surface area contributed by atoms with Gasteiger partial charge in [-0.1, -0.05) is 0 Å². The van der Waals surface area contributed by atoms with Gasteiger partial charge < -0.3 is 5.73 Å². The first-order valence-corrected chi connectivity index (χ1v) is 5.58. The highest BCUT2D eigenvalue weighted by Gasteiger charge is 2.47. The van der Waals surface area contributed by atoms with E-state index < -0.39 is 35.0 Å². The molecular weight excluding hydrogens is 295 g/mol. The SMILES string of the molecule is NC(=O)c1ccc[n+](C(F)(F)c2ccc(F)c(F)c2F)c1. The van der Waals surface area contributed by atoms with E-state index in [9.17, 15) is 26.7 Å². The summed E-state index contributed by atoms with van der Waals surface area (Å²) < 4.78 is 67.9. The molecule has 0 aliphatic carbocycles. The number of pyridine rings is 1. The molecule has 2 aromatic rings. The third-order valence-corrected chi connectivity index (χ3v) is 2.77. The average Bonchev–Trinajstić information content (AvgIpc) is 2.44. The topological polar surface area (TPSA) is 47.0 Å². The lowest BCUT2D eigenvalue weighted by Gasteiger charge is -2.12. The summed E-state index contributed by atoms with van der Waals surface area (Å²) in [6.45, 7) is 0. The van der Waals surface area contributed by atoms with Gasteiger partial charge in [0.05, 0.1) is 0 Å². The Morgan fingerprint density at radius 2 is 1.76 bits per heavy atom. The molecular formula is C13H8F5N2O+. The highest BCUT2D eigenvalue weighted by Crippen LogP contribution is 2.28. The van der Waals surface area contributed by atoms with Crippen LogP contribution in [-0.4, -0.2) is 5.91 Å². The minimum absolute atomic E-state index is 0.183. The van der Waals surface area contributed by atoms with Crippen LogP contribution in [0.3, 0.4) is 0 Å². The molecule has 21 heavy (non-hydrogen) atoms. The summed E-state index contributed by atoms with van der Waals surface area (Å²) in [4.78, 5) is 11.0. The molecule has 0 fully saturated rings. The Balaban J connectivity index is 2.59. The smallest absolute Gasteiger partial charge is 0.365 e. The van der Waals surface area contributed by atoms with E-state index in [4.69, 9.17) is 5.73 Å². The van der Waals surface area contributed by atoms with E-state index in [0.717, 1.165) is 12.3 Å². The number of benzene rings is 1. The molecule has 3 nitrogen and oxygen atoms in total. The van der Waals surface area contributed by atoms with Gasteiger partial charge >= 0.3 is 6.05 Å². The zero-order valence-electron chi connectivity index (χ0n) is 10.3. The first-order chi connectivity index (χ1) is 9.75. The van der Waals surface area contributed by atoms with E-state index >= 15 is 0 Å². The molecule has 0 aliphatic heterocycles. The molecule has 0 saturated heterocycles. The van der Waals surface area contributed by atoms with Crippen molar-refractivity contribution in [3.8, 4) is 0 Å². The van der Waals surface area contributed by atoms with Gasteiger partial charge in [-0.15, -0.1) is 13.3 Å². The summed E-state index contributed by atoms with van der Waals surface area (Å²) in [5.41, 5.74) is 3.34. The second kappa shape index (κ2) is 5.12. The maximum Gasteiger partial charge on any atom is 0.492 e. The van der Waals surface area contributed by atoms with Crippen molar-refractivity contribution in [3.05, 3.63) is 65.2 Å². The van der Waals surface area contributed by atoms with Crippen molar-refractivity contribution in [1.29, 1.82) is 0 Å². The minimum atomic E-state index is -4.04. The van der Waals surface area contributed by atoms with Crippen LogP contribution in [0.5, 0.6) is 0 Å². The van der Waals surface area contributed by atoms with E-state index in [1.165, 1.54) is 6.07 Å². The number of primary amides is 1. The van der Waals surface area contributed by atoms with Crippen molar-refractivity contribution in [1.82, 2.24) is 0 Å². The molecule has 1 aromatic heterocycles. The van der Waals surface area contributed by atoms with Crippen molar-refractivity contribution in [2.45, 2.75) is 6.05 Å². The zero-order valence-corrected chi connectivity index (χ0v) is 10.3. The fourth-order valence-corrected chi connectivity index (χ4v) is 1.69. The van der Waals surface area contributed by atoms with Gasteiger partial charge in [0.2, 0.25) is 0 Å². The largest absolute Gasteiger partial charge is 0.492 e. The Morgan fingerprint density at radius 1 is 1.10 bits per heavy atom. The Kier molecular flexibility index (Phi) is 3.63. The Hall–Kier alpha value is -2.51. The van der Waals surface area contributed by atoms with Crippen LogP contribution < -0.4 is 10.3 Å². The van der Waals surface area contributed by atoms with Crippen molar-refractivity contribution in [3.63, 3.8) is 0 Å². The molecule has 8 heteroatoms. The highest BCUT2D eigenvalue weighted by atomic mass is 19.3. The van der Waals surface area contributed by atoms with Gasteiger partial charge in [-0.3, -0.25) is 4.79 Å². The maximum absolute atomic E-state index is 14.2. The van der Waals surface area contributed by atoms with Gasteiger partial charge in [0.25, 0.3) is 5.91 Å². The molecule has 0 bridgehead atoms. The van der Waals surface area contributed by atoms with Crippen LogP contribution in [0, 0.1) is 17.5 Å². The van der Waals surface area contributed by atoms with Crippen LogP contribution in [0.2, 0.25) is 0 Å². The first kappa shape index (κ1) is 14.9. The molecule has 0 aliphatic rings. The van der Waals surface area contributed by atoms with E-state index in [1.54, 1.807) is 0 Å². The molecule has 0 atom stereocenters. The van der Waals surface area contributed by atoms with Crippen molar-refractivity contribution in [2.75, 3.05) is 0 Å². The van der Waals surface area contributed by atoms with Crippen molar-refractivity contribution in [2.24, 2.45) is 5.73 Å². The molecule has 0 spiro atoms. The molecule has 0 unspecified atom stereocenters. The highest BCUT2D eigenvalue weighted by molar-refractivity contribution is 5.92. The number of aromatic nitrogens is 1. The van der Waals surface area contributed by atoms with Gasteiger partial charge in [-0.25, -0.2) is 13.2 Å². The summed E-state index contributed by atoms with van der Waals surface area (Å²) >= 11 is 0. The lowest BCUT2D eigenvalue weighted by Crippen LogP contribution is -2.51. The second-order valence-corrected chi connectivity index (χ2v) is 4.13. The average molecular weight is 303 g/mol. The predicted molar refractivity (Wildman–Crippen MR) is 60.8 cm³/mol. The van der Waals surface area contributed by atoms with Gasteiger partial charge in [0.1, 0.15) is 11.1 Å². The number of alkyl halides is 2. The fourth-order valence-electron chi connectivity index (χ4n) is 1.69. The monoisotopic (exact) mass is 303 g/mol. The molecule has 1 aromatic carbocycles. The molecule has 2 rings (SSSR count). The lowest BCUT2D eigenvalue weighted by atomic mass is 10.1. The van der Waals surface area contributed by atoms with Crippen LogP contribution in [0.25, 0.3) is 0 Å². The standard InChI is InChI=1S/C13H7F5N2O/c14-9-4-3-8(10(15)11(9)16)13(17,18)20-5-1-2-7(6-20)12(19)21/h1-6H,(H-,19,21)/p+1. The second-order valence-electron chi connectivity index (χ2n) is 4.13. The first-order valence-electron chi connectivity index (χ1n) is 5.58. The Labute approximate surface area is 115 Å². The Bertz CT molecular complexity index is 718. The third-order valence-electron chi connectivity index (χ3n) is 2.77. The van der Waals surface area contributed by atoms with Crippen LogP contribution in [0.4, 0.5) is 22.0 Å². The van der Waals surface area contributed by atoms with Gasteiger partial charge in [-0.05, 0) is 18.2 Å². The Morgan fingerprint density at radius 3 is 2.38 bits per heavy atom. The number of halogens is 5. The summed E-state index contributed by atoms with van der Waals surface area (Å²) in [5.74, 6) is -6.55. The zero-order chi connectivity index (χ0) is 15.8. The van der Waals surface area contributed by atoms with E-state index in [1.807, 2.05) is 0 Å². The number of amides is 1. The van der Waals surface area contributed by atoms with Crippen LogP contribution in [0.15, 0.2) is 36.7 Å². The molecule has 2 N–H and O–H groups in total. The summed E-state index contributed by atoms with van der Waals surface area (Å²) in [7, 11) is 0. The summed E-state index contributed by atoms with van der Waals surface area (Å²) in [6, 6.07) is -0.954. The number of nitrogens with zero attached hydrogens (tertiary/aromatic N) is 1. The third kappa shape index (κ3) is 2.56. The molecule has 0 radical (unpaired) electrons. The number of hydrogen-bond donors (Lipinski definition) is 1. The number of carbonyl (C=O) groups is 1. The number of carbonyl (C=O) groups excluding carboxylic acids is 1. The minimum Gasteiger partial charge on any atom is -0.365 e. The summed E-state index contributed by atoms with van der Waals surface area (Å²) in [5, 5.41) is 0. The normalized spacial score (nSPS) is 11.5. The predicted octanol–water partition coefficient (Wildman–Crippen LogP) is 2.09. The van der Waals surface area contributed by atoms with Gasteiger partial charge in [-0.2, -0.15) is 0 Å². The van der Waals surface area contributed by atoms with Crippen molar-refractivity contribution >= 4 is 5.91 Å². The van der Waals surface area contributed by atoms with Crippen LogP contribution >= 0.6 is 0 Å². The number of rotatable bonds is 3. The van der Waals surface area contributed by atoms with Crippen molar-refractivity contribution < 1.29 is 31.3 Å². The van der Waals surface area contributed by atoms with E-state index in [-0.39, 0.29) is 10.1 Å². The van der Waals surface area contributed by atoms with Gasteiger partial charge in [0, 0.05) is 6.07 Å². The summed E-state index contributed by atoms with van der Waals surface area (Å²) in [6.07, 6.45) is 1.52. The molecule has 1 heterocycles. The van der Waals surface area contributed by atoms with Crippen LogP contribution in [-0.2, 0) is 6.05 Å². The number of hydrogen-bond acceptors (Lipinski definition) is 1. The van der Waals surface area contributed by atoms with Gasteiger partial charge in [0.15, 0.2) is 29.8 Å². The fraction of sp³-hybridized carbons (Fsp3) is 0.0769. The lowest BCUT2D eigenvalue weighted by molar-refractivity contribution is -0.811. The van der Waals surface area contributed by atoms with Crippen LogP contribution in [0.1, 0.15) is 15.9 Å².